The topological polar surface area (TPSA) is 90.0 Å². The summed E-state index contributed by atoms with van der Waals surface area (Å²) in [6, 6.07) is 2.33. The van der Waals surface area contributed by atoms with E-state index in [-0.39, 0.29) is 23.7 Å². The molecule has 8 heteroatoms. The Bertz CT molecular complexity index is 575. The zero-order chi connectivity index (χ0) is 16.2. The van der Waals surface area contributed by atoms with Gasteiger partial charge in [-0.1, -0.05) is 0 Å². The van der Waals surface area contributed by atoms with E-state index in [0.717, 1.165) is 23.1 Å². The maximum absolute atomic E-state index is 13.0. The van der Waals surface area contributed by atoms with Gasteiger partial charge in [0, 0.05) is 21.1 Å². The van der Waals surface area contributed by atoms with Gasteiger partial charge in [-0.3, -0.25) is 4.79 Å². The largest absolute Gasteiger partial charge is 0.478 e. The first-order valence-electron chi connectivity index (χ1n) is 5.97. The normalized spacial score (nSPS) is 9.90. The molecule has 0 saturated carbocycles. The quantitative estimate of drug-likeness (QED) is 0.870. The zero-order valence-electron chi connectivity index (χ0n) is 11.9. The third-order valence-electron chi connectivity index (χ3n) is 2.67. The minimum atomic E-state index is -1.36. The Morgan fingerprint density at radius 1 is 1.24 bits per heavy atom. The number of nitrogens with zero attached hydrogens (tertiary/aromatic N) is 2. The average Bonchev–Trinajstić information content (AvgIpc) is 2.40. The van der Waals surface area contributed by atoms with Crippen LogP contribution in [0.4, 0.5) is 14.9 Å². The molecule has 0 spiro atoms. The number of aromatic carboxylic acids is 1. The van der Waals surface area contributed by atoms with Crippen molar-refractivity contribution in [2.24, 2.45) is 0 Å². The van der Waals surface area contributed by atoms with Crippen molar-refractivity contribution >= 4 is 23.6 Å². The van der Waals surface area contributed by atoms with Crippen LogP contribution in [0.5, 0.6) is 0 Å². The van der Waals surface area contributed by atoms with Crippen molar-refractivity contribution in [2.45, 2.75) is 0 Å². The van der Waals surface area contributed by atoms with Gasteiger partial charge in [-0.05, 0) is 18.2 Å². The van der Waals surface area contributed by atoms with Crippen molar-refractivity contribution in [1.29, 1.82) is 0 Å². The van der Waals surface area contributed by atoms with E-state index in [1.54, 1.807) is 14.1 Å². The molecule has 0 aliphatic carbocycles. The maximum Gasteiger partial charge on any atom is 0.337 e. The Morgan fingerprint density at radius 3 is 2.38 bits per heavy atom. The lowest BCUT2D eigenvalue weighted by molar-refractivity contribution is -0.129. The van der Waals surface area contributed by atoms with E-state index < -0.39 is 17.8 Å². The molecule has 3 amide bonds. The molecule has 0 atom stereocenters. The summed E-state index contributed by atoms with van der Waals surface area (Å²) < 4.78 is 13.0. The van der Waals surface area contributed by atoms with Gasteiger partial charge in [-0.15, -0.1) is 0 Å². The van der Waals surface area contributed by atoms with Gasteiger partial charge in [0.15, 0.2) is 0 Å². The molecule has 114 valence electrons. The molecule has 0 saturated heterocycles. The van der Waals surface area contributed by atoms with E-state index in [4.69, 9.17) is 5.11 Å². The summed E-state index contributed by atoms with van der Waals surface area (Å²) in [4.78, 5) is 36.8. The minimum absolute atomic E-state index is 0.0435. The van der Waals surface area contributed by atoms with Crippen molar-refractivity contribution in [3.8, 4) is 0 Å². The summed E-state index contributed by atoms with van der Waals surface area (Å²) in [7, 11) is 4.49. The Kier molecular flexibility index (Phi) is 5.23. The predicted octanol–water partition coefficient (Wildman–Crippen LogP) is 1.08. The fourth-order valence-electron chi connectivity index (χ4n) is 1.43. The number of halogens is 1. The lowest BCUT2D eigenvalue weighted by atomic mass is 10.1. The predicted molar refractivity (Wildman–Crippen MR) is 73.7 cm³/mol. The molecular weight excluding hydrogens is 281 g/mol. The van der Waals surface area contributed by atoms with Crippen LogP contribution in [0.25, 0.3) is 0 Å². The number of carboxylic acids is 1. The number of rotatable bonds is 4. The van der Waals surface area contributed by atoms with Crippen LogP contribution in [0.2, 0.25) is 0 Å². The van der Waals surface area contributed by atoms with Crippen LogP contribution in [0.1, 0.15) is 10.4 Å². The van der Waals surface area contributed by atoms with Crippen molar-refractivity contribution in [3.63, 3.8) is 0 Å². The van der Waals surface area contributed by atoms with Gasteiger partial charge in [-0.2, -0.15) is 0 Å². The Hall–Kier alpha value is -2.64. The van der Waals surface area contributed by atoms with Crippen molar-refractivity contribution in [1.82, 2.24) is 9.80 Å². The van der Waals surface area contributed by atoms with Gasteiger partial charge in [0.1, 0.15) is 12.4 Å². The van der Waals surface area contributed by atoms with E-state index in [1.807, 2.05) is 0 Å². The van der Waals surface area contributed by atoms with Crippen molar-refractivity contribution in [2.75, 3.05) is 33.0 Å². The molecule has 0 heterocycles. The fourth-order valence-corrected chi connectivity index (χ4v) is 1.43. The van der Waals surface area contributed by atoms with Crippen LogP contribution in [-0.4, -0.2) is 60.5 Å². The van der Waals surface area contributed by atoms with Gasteiger partial charge in [-0.25, -0.2) is 14.0 Å². The van der Waals surface area contributed by atoms with Crippen LogP contribution < -0.4 is 5.32 Å². The Balaban J connectivity index is 2.84. The number of carbonyl (C=O) groups is 3. The van der Waals surface area contributed by atoms with Gasteiger partial charge in [0.25, 0.3) is 0 Å². The van der Waals surface area contributed by atoms with Gasteiger partial charge >= 0.3 is 12.0 Å². The molecule has 2 N–H and O–H groups in total. The van der Waals surface area contributed by atoms with Crippen molar-refractivity contribution < 1.29 is 23.9 Å². The number of carboxylic acid groups (broad SMARTS) is 1. The standard InChI is InChI=1S/C13H16FN3O4/c1-16(2)11(18)7-17(3)13(21)15-10-5-4-8(14)6-9(10)12(19)20/h4-6H,7H2,1-3H3,(H,15,21)(H,19,20). The molecule has 0 radical (unpaired) electrons. The number of hydrogen-bond donors (Lipinski definition) is 2. The van der Waals surface area contributed by atoms with Crippen LogP contribution >= 0.6 is 0 Å². The number of benzene rings is 1. The number of nitrogens with one attached hydrogen (secondary N) is 1. The highest BCUT2D eigenvalue weighted by molar-refractivity contribution is 6.00. The molecule has 0 aromatic heterocycles. The Morgan fingerprint density at radius 2 is 1.86 bits per heavy atom. The second-order valence-corrected chi connectivity index (χ2v) is 4.57. The van der Waals surface area contributed by atoms with Crippen LogP contribution in [0.15, 0.2) is 18.2 Å². The first kappa shape index (κ1) is 16.4. The third kappa shape index (κ3) is 4.44. The minimum Gasteiger partial charge on any atom is -0.478 e. The van der Waals surface area contributed by atoms with Crippen molar-refractivity contribution in [3.05, 3.63) is 29.6 Å². The Labute approximate surface area is 120 Å². The molecule has 1 aromatic rings. The second kappa shape index (κ2) is 6.69. The summed E-state index contributed by atoms with van der Waals surface area (Å²) in [6.45, 7) is -0.164. The van der Waals surface area contributed by atoms with E-state index >= 15 is 0 Å². The number of amides is 3. The maximum atomic E-state index is 13.0. The highest BCUT2D eigenvalue weighted by Crippen LogP contribution is 2.17. The lowest BCUT2D eigenvalue weighted by Gasteiger charge is -2.20. The number of hydrogen-bond acceptors (Lipinski definition) is 3. The van der Waals surface area contributed by atoms with Crippen LogP contribution in [0, 0.1) is 5.82 Å². The van der Waals surface area contributed by atoms with Gasteiger partial charge < -0.3 is 20.2 Å². The van der Waals surface area contributed by atoms with Gasteiger partial charge in [0.2, 0.25) is 5.91 Å². The van der Waals surface area contributed by atoms with Gasteiger partial charge in [0.05, 0.1) is 11.3 Å². The molecular formula is C13H16FN3O4. The fraction of sp³-hybridized carbons (Fsp3) is 0.308. The smallest absolute Gasteiger partial charge is 0.337 e. The highest BCUT2D eigenvalue weighted by Gasteiger charge is 2.17. The van der Waals surface area contributed by atoms with E-state index in [1.165, 1.54) is 11.9 Å². The van der Waals surface area contributed by atoms with Crippen LogP contribution in [0.3, 0.4) is 0 Å². The molecule has 1 rings (SSSR count). The number of anilines is 1. The lowest BCUT2D eigenvalue weighted by Crippen LogP contribution is -2.40. The monoisotopic (exact) mass is 297 g/mol. The summed E-state index contributed by atoms with van der Waals surface area (Å²) in [6.07, 6.45) is 0. The van der Waals surface area contributed by atoms with E-state index in [0.29, 0.717) is 0 Å². The third-order valence-corrected chi connectivity index (χ3v) is 2.67. The first-order chi connectivity index (χ1) is 9.72. The average molecular weight is 297 g/mol. The summed E-state index contributed by atoms with van der Waals surface area (Å²) in [5.74, 6) is -2.37. The molecule has 7 nitrogen and oxygen atoms in total. The SMILES string of the molecule is CN(C)C(=O)CN(C)C(=O)Nc1ccc(F)cc1C(=O)O. The second-order valence-electron chi connectivity index (χ2n) is 4.57. The summed E-state index contributed by atoms with van der Waals surface area (Å²) in [5, 5.41) is 11.3. The number of likely N-dealkylation sites (N-methyl/N-ethyl adjacent to an activating group) is 2. The molecule has 0 fully saturated rings. The number of urea groups is 1. The van der Waals surface area contributed by atoms with E-state index in [2.05, 4.69) is 5.32 Å². The summed E-state index contributed by atoms with van der Waals surface area (Å²) >= 11 is 0. The summed E-state index contributed by atoms with van der Waals surface area (Å²) in [5.41, 5.74) is -0.409. The molecule has 0 aliphatic heterocycles. The van der Waals surface area contributed by atoms with E-state index in [9.17, 15) is 18.8 Å². The molecule has 1 aromatic carbocycles. The number of carbonyl (C=O) groups excluding carboxylic acids is 2. The zero-order valence-corrected chi connectivity index (χ0v) is 11.9. The van der Waals surface area contributed by atoms with Crippen LogP contribution in [-0.2, 0) is 4.79 Å². The molecule has 0 bridgehead atoms. The first-order valence-corrected chi connectivity index (χ1v) is 5.97. The molecule has 0 unspecified atom stereocenters. The highest BCUT2D eigenvalue weighted by atomic mass is 19.1. The molecule has 0 aliphatic rings. The molecule has 21 heavy (non-hydrogen) atoms.